The average Bonchev–Trinajstić information content (AvgIpc) is 2.61. The van der Waals surface area contributed by atoms with Crippen LogP contribution in [0.1, 0.15) is 63.9 Å². The normalized spacial score (nSPS) is 10.9. The second kappa shape index (κ2) is 13.6. The third kappa shape index (κ3) is 10.4. The SMILES string of the molecule is CCCCCCCCCC(=O)NCC(=O)N/N=C\c1ccc(Cl)cc1Cl. The van der Waals surface area contributed by atoms with Crippen LogP contribution >= 0.6 is 23.2 Å². The van der Waals surface area contributed by atoms with Gasteiger partial charge >= 0.3 is 0 Å². The Hall–Kier alpha value is -1.59. The van der Waals surface area contributed by atoms with E-state index in [9.17, 15) is 9.59 Å². The molecule has 1 rings (SSSR count). The molecule has 0 heterocycles. The summed E-state index contributed by atoms with van der Waals surface area (Å²) in [5.41, 5.74) is 2.99. The zero-order valence-electron chi connectivity index (χ0n) is 15.2. The first-order chi connectivity index (χ1) is 12.5. The molecule has 0 aliphatic rings. The van der Waals surface area contributed by atoms with Crippen molar-refractivity contribution in [3.05, 3.63) is 33.8 Å². The van der Waals surface area contributed by atoms with Crippen molar-refractivity contribution >= 4 is 41.2 Å². The minimum absolute atomic E-state index is 0.0962. The number of unbranched alkanes of at least 4 members (excludes halogenated alkanes) is 6. The summed E-state index contributed by atoms with van der Waals surface area (Å²) < 4.78 is 0. The molecule has 1 aromatic rings. The highest BCUT2D eigenvalue weighted by Gasteiger charge is 2.05. The molecule has 0 aromatic heterocycles. The summed E-state index contributed by atoms with van der Waals surface area (Å²) in [6.45, 7) is 2.10. The van der Waals surface area contributed by atoms with E-state index in [1.54, 1.807) is 18.2 Å². The molecule has 0 saturated carbocycles. The molecule has 1 aromatic carbocycles. The van der Waals surface area contributed by atoms with Crippen LogP contribution in [0.25, 0.3) is 0 Å². The van der Waals surface area contributed by atoms with Crippen molar-refractivity contribution in [1.82, 2.24) is 10.7 Å². The first-order valence-electron chi connectivity index (χ1n) is 9.06. The number of hydrogen-bond donors (Lipinski definition) is 2. The number of carbonyl (C=O) groups is 2. The fourth-order valence-electron chi connectivity index (χ4n) is 2.33. The molecule has 0 spiro atoms. The number of halogens is 2. The predicted molar refractivity (Wildman–Crippen MR) is 108 cm³/mol. The van der Waals surface area contributed by atoms with Crippen LogP contribution in [-0.2, 0) is 9.59 Å². The zero-order chi connectivity index (χ0) is 19.2. The molecule has 0 aliphatic heterocycles. The summed E-state index contributed by atoms with van der Waals surface area (Å²) in [6, 6.07) is 4.97. The number of nitrogens with one attached hydrogen (secondary N) is 2. The Bertz CT molecular complexity index is 606. The Labute approximate surface area is 165 Å². The maximum absolute atomic E-state index is 11.7. The quantitative estimate of drug-likeness (QED) is 0.303. The van der Waals surface area contributed by atoms with Crippen molar-refractivity contribution < 1.29 is 9.59 Å². The Morgan fingerprint density at radius 2 is 1.73 bits per heavy atom. The minimum Gasteiger partial charge on any atom is -0.347 e. The van der Waals surface area contributed by atoms with Gasteiger partial charge in [0, 0.05) is 17.0 Å². The van der Waals surface area contributed by atoms with Crippen molar-refractivity contribution in [3.63, 3.8) is 0 Å². The molecular formula is C19H27Cl2N3O2. The molecule has 5 nitrogen and oxygen atoms in total. The van der Waals surface area contributed by atoms with Crippen LogP contribution < -0.4 is 10.7 Å². The number of hydrogen-bond acceptors (Lipinski definition) is 3. The number of carbonyl (C=O) groups excluding carboxylic acids is 2. The van der Waals surface area contributed by atoms with Crippen molar-refractivity contribution in [1.29, 1.82) is 0 Å². The highest BCUT2D eigenvalue weighted by Crippen LogP contribution is 2.19. The van der Waals surface area contributed by atoms with Gasteiger partial charge in [-0.15, -0.1) is 0 Å². The van der Waals surface area contributed by atoms with Gasteiger partial charge in [-0.1, -0.05) is 74.7 Å². The maximum atomic E-state index is 11.7. The van der Waals surface area contributed by atoms with Gasteiger partial charge in [0.05, 0.1) is 17.8 Å². The van der Waals surface area contributed by atoms with Crippen LogP contribution in [0.4, 0.5) is 0 Å². The smallest absolute Gasteiger partial charge is 0.259 e. The van der Waals surface area contributed by atoms with E-state index in [0.717, 1.165) is 19.3 Å². The van der Waals surface area contributed by atoms with Crippen LogP contribution in [-0.4, -0.2) is 24.6 Å². The topological polar surface area (TPSA) is 70.6 Å². The third-order valence-electron chi connectivity index (χ3n) is 3.81. The largest absolute Gasteiger partial charge is 0.347 e. The molecule has 0 atom stereocenters. The molecule has 26 heavy (non-hydrogen) atoms. The molecule has 0 radical (unpaired) electrons. The predicted octanol–water partition coefficient (Wildman–Crippen LogP) is 4.70. The monoisotopic (exact) mass is 399 g/mol. The summed E-state index contributed by atoms with van der Waals surface area (Å²) in [4.78, 5) is 23.4. The van der Waals surface area contributed by atoms with Crippen molar-refractivity contribution in [2.45, 2.75) is 58.3 Å². The number of rotatable bonds is 12. The lowest BCUT2D eigenvalue weighted by atomic mass is 10.1. The summed E-state index contributed by atoms with van der Waals surface area (Å²) in [7, 11) is 0. The molecule has 0 aliphatic carbocycles. The third-order valence-corrected chi connectivity index (χ3v) is 4.37. The highest BCUT2D eigenvalue weighted by molar-refractivity contribution is 6.36. The Balaban J connectivity index is 2.13. The molecule has 7 heteroatoms. The second-order valence-electron chi connectivity index (χ2n) is 6.11. The van der Waals surface area contributed by atoms with Crippen LogP contribution in [0.3, 0.4) is 0 Å². The van der Waals surface area contributed by atoms with E-state index in [-0.39, 0.29) is 18.4 Å². The molecule has 144 valence electrons. The van der Waals surface area contributed by atoms with Crippen LogP contribution in [0.2, 0.25) is 10.0 Å². The Kier molecular flexibility index (Phi) is 11.7. The fourth-order valence-corrected chi connectivity index (χ4v) is 2.79. The van der Waals surface area contributed by atoms with E-state index in [4.69, 9.17) is 23.2 Å². The summed E-state index contributed by atoms with van der Waals surface area (Å²) in [5.74, 6) is -0.502. The van der Waals surface area contributed by atoms with Crippen molar-refractivity contribution in [3.8, 4) is 0 Å². The molecule has 0 fully saturated rings. The molecule has 2 amide bonds. The van der Waals surface area contributed by atoms with Gasteiger partial charge in [0.25, 0.3) is 5.91 Å². The summed E-state index contributed by atoms with van der Waals surface area (Å²) >= 11 is 11.8. The number of hydrazone groups is 1. The van der Waals surface area contributed by atoms with Gasteiger partial charge in [-0.2, -0.15) is 5.10 Å². The molecule has 0 saturated heterocycles. The zero-order valence-corrected chi connectivity index (χ0v) is 16.7. The first kappa shape index (κ1) is 22.5. The van der Waals surface area contributed by atoms with Crippen LogP contribution in [0, 0.1) is 0 Å². The summed E-state index contributed by atoms with van der Waals surface area (Å²) in [6.07, 6.45) is 9.96. The van der Waals surface area contributed by atoms with Gasteiger partial charge in [-0.3, -0.25) is 9.59 Å². The van der Waals surface area contributed by atoms with Gasteiger partial charge in [-0.05, 0) is 18.6 Å². The van der Waals surface area contributed by atoms with E-state index in [2.05, 4.69) is 22.8 Å². The van der Waals surface area contributed by atoms with Gasteiger partial charge < -0.3 is 5.32 Å². The highest BCUT2D eigenvalue weighted by atomic mass is 35.5. The Morgan fingerprint density at radius 1 is 1.04 bits per heavy atom. The van der Waals surface area contributed by atoms with Gasteiger partial charge in [-0.25, -0.2) is 5.43 Å². The first-order valence-corrected chi connectivity index (χ1v) is 9.82. The van der Waals surface area contributed by atoms with Gasteiger partial charge in [0.15, 0.2) is 0 Å². The fraction of sp³-hybridized carbons (Fsp3) is 0.526. The lowest BCUT2D eigenvalue weighted by Gasteiger charge is -2.04. The van der Waals surface area contributed by atoms with E-state index < -0.39 is 0 Å². The van der Waals surface area contributed by atoms with E-state index >= 15 is 0 Å². The number of nitrogens with zero attached hydrogens (tertiary/aromatic N) is 1. The molecule has 2 N–H and O–H groups in total. The maximum Gasteiger partial charge on any atom is 0.259 e. The number of benzene rings is 1. The second-order valence-corrected chi connectivity index (χ2v) is 6.95. The standard InChI is InChI=1S/C19H27Cl2N3O2/c1-2-3-4-5-6-7-8-9-18(25)22-14-19(26)24-23-13-15-10-11-16(20)12-17(15)21/h10-13H,2-9,14H2,1H3,(H,22,25)(H,24,26)/b23-13-. The Morgan fingerprint density at radius 3 is 2.42 bits per heavy atom. The minimum atomic E-state index is -0.390. The average molecular weight is 400 g/mol. The van der Waals surface area contributed by atoms with Crippen molar-refractivity contribution in [2.24, 2.45) is 5.10 Å². The van der Waals surface area contributed by atoms with Gasteiger partial charge in [0.2, 0.25) is 5.91 Å². The van der Waals surface area contributed by atoms with E-state index in [0.29, 0.717) is 22.0 Å². The lowest BCUT2D eigenvalue weighted by Crippen LogP contribution is -2.34. The lowest BCUT2D eigenvalue weighted by molar-refractivity contribution is -0.126. The van der Waals surface area contributed by atoms with E-state index in [1.807, 2.05) is 0 Å². The molecule has 0 bridgehead atoms. The molecular weight excluding hydrogens is 373 g/mol. The number of amides is 2. The van der Waals surface area contributed by atoms with Gasteiger partial charge in [0.1, 0.15) is 0 Å². The van der Waals surface area contributed by atoms with Crippen LogP contribution in [0.5, 0.6) is 0 Å². The van der Waals surface area contributed by atoms with E-state index in [1.165, 1.54) is 31.9 Å². The summed E-state index contributed by atoms with van der Waals surface area (Å²) in [5, 5.41) is 7.38. The molecule has 0 unspecified atom stereocenters. The van der Waals surface area contributed by atoms with Crippen LogP contribution in [0.15, 0.2) is 23.3 Å². The van der Waals surface area contributed by atoms with Crippen molar-refractivity contribution in [2.75, 3.05) is 6.54 Å².